The molecule has 114 valence electrons. The number of rotatable bonds is 1. The molecule has 4 aliphatic rings. The van der Waals surface area contributed by atoms with E-state index in [2.05, 4.69) is 0 Å². The normalized spacial score (nSPS) is 31.0. The fourth-order valence-corrected chi connectivity index (χ4v) is 4.85. The standard InChI is InChI=1S/C17H15F2NO2/c18-12-4-1-7(5-13(12)19)20-16(21)14-8-2-3-9(11-6-10(8)11)15(14)17(20)22/h1,4-5,8-11,21-22H,2-3,6H2/t8-,9+,10+,11-. The highest BCUT2D eigenvalue weighted by atomic mass is 19.2. The Hall–Kier alpha value is -2.04. The number of aromatic hydroxyl groups is 2. The summed E-state index contributed by atoms with van der Waals surface area (Å²) in [6, 6.07) is 3.38. The van der Waals surface area contributed by atoms with Crippen molar-refractivity contribution in [3.63, 3.8) is 0 Å². The van der Waals surface area contributed by atoms with Gasteiger partial charge in [-0.05, 0) is 55.1 Å². The Morgan fingerprint density at radius 2 is 1.50 bits per heavy atom. The van der Waals surface area contributed by atoms with Crippen LogP contribution in [0.15, 0.2) is 18.2 Å². The van der Waals surface area contributed by atoms with Crippen LogP contribution >= 0.6 is 0 Å². The molecule has 2 fully saturated rings. The third kappa shape index (κ3) is 1.35. The van der Waals surface area contributed by atoms with Gasteiger partial charge < -0.3 is 10.2 Å². The van der Waals surface area contributed by atoms with Gasteiger partial charge in [-0.3, -0.25) is 4.57 Å². The Morgan fingerprint density at radius 3 is 2.05 bits per heavy atom. The molecule has 0 aliphatic heterocycles. The van der Waals surface area contributed by atoms with E-state index in [1.807, 2.05) is 0 Å². The van der Waals surface area contributed by atoms with E-state index in [9.17, 15) is 19.0 Å². The number of nitrogens with zero attached hydrogens (tertiary/aromatic N) is 1. The van der Waals surface area contributed by atoms with E-state index in [1.165, 1.54) is 17.1 Å². The lowest BCUT2D eigenvalue weighted by atomic mass is 9.68. The van der Waals surface area contributed by atoms with Crippen LogP contribution < -0.4 is 0 Å². The van der Waals surface area contributed by atoms with Gasteiger partial charge in [-0.25, -0.2) is 8.78 Å². The van der Waals surface area contributed by atoms with Crippen molar-refractivity contribution in [3.8, 4) is 17.4 Å². The van der Waals surface area contributed by atoms with Crippen molar-refractivity contribution < 1.29 is 19.0 Å². The number of aromatic nitrogens is 1. The molecule has 2 bridgehead atoms. The first-order valence-corrected chi connectivity index (χ1v) is 7.69. The Bertz CT molecular complexity index is 774. The molecule has 0 saturated heterocycles. The molecule has 1 aromatic carbocycles. The van der Waals surface area contributed by atoms with Gasteiger partial charge in [0.25, 0.3) is 0 Å². The predicted octanol–water partition coefficient (Wildman–Crippen LogP) is 3.78. The Kier molecular flexibility index (Phi) is 2.18. The van der Waals surface area contributed by atoms with E-state index in [0.717, 1.165) is 36.1 Å². The number of hydrogen-bond donors (Lipinski definition) is 2. The first-order chi connectivity index (χ1) is 10.6. The lowest BCUT2D eigenvalue weighted by Gasteiger charge is -2.35. The molecule has 0 spiro atoms. The van der Waals surface area contributed by atoms with Gasteiger partial charge in [0, 0.05) is 17.2 Å². The minimum Gasteiger partial charge on any atom is -0.494 e. The first-order valence-electron chi connectivity index (χ1n) is 7.69. The Balaban J connectivity index is 1.74. The monoisotopic (exact) mass is 303 g/mol. The zero-order valence-electron chi connectivity index (χ0n) is 11.8. The molecule has 22 heavy (non-hydrogen) atoms. The van der Waals surface area contributed by atoms with Gasteiger partial charge in [0.05, 0.1) is 5.69 Å². The molecular formula is C17H15F2NO2. The minimum absolute atomic E-state index is 0.0152. The third-order valence-electron chi connectivity index (χ3n) is 5.81. The molecule has 0 radical (unpaired) electrons. The smallest absolute Gasteiger partial charge is 0.202 e. The molecule has 3 nitrogen and oxygen atoms in total. The van der Waals surface area contributed by atoms with Gasteiger partial charge in [-0.1, -0.05) is 0 Å². The van der Waals surface area contributed by atoms with E-state index in [4.69, 9.17) is 0 Å². The first kappa shape index (κ1) is 12.5. The van der Waals surface area contributed by atoms with Crippen LogP contribution in [0, 0.1) is 23.5 Å². The molecule has 5 heteroatoms. The van der Waals surface area contributed by atoms with E-state index in [1.54, 1.807) is 0 Å². The molecule has 2 saturated carbocycles. The van der Waals surface area contributed by atoms with Gasteiger partial charge in [0.1, 0.15) is 0 Å². The number of benzene rings is 1. The largest absolute Gasteiger partial charge is 0.494 e. The van der Waals surface area contributed by atoms with Gasteiger partial charge in [0.2, 0.25) is 11.8 Å². The highest BCUT2D eigenvalue weighted by molar-refractivity contribution is 5.59. The Labute approximate surface area is 125 Å². The second-order valence-corrected chi connectivity index (χ2v) is 6.76. The van der Waals surface area contributed by atoms with Crippen molar-refractivity contribution in [1.29, 1.82) is 0 Å². The van der Waals surface area contributed by atoms with Crippen LogP contribution in [0.3, 0.4) is 0 Å². The summed E-state index contributed by atoms with van der Waals surface area (Å²) in [4.78, 5) is 0. The van der Waals surface area contributed by atoms with Crippen molar-refractivity contribution in [2.24, 2.45) is 11.8 Å². The maximum absolute atomic E-state index is 13.5. The fraction of sp³-hybridized carbons (Fsp3) is 0.412. The molecule has 2 aromatic rings. The highest BCUT2D eigenvalue weighted by Gasteiger charge is 2.58. The minimum atomic E-state index is -0.992. The molecule has 0 unspecified atom stereocenters. The van der Waals surface area contributed by atoms with Crippen LogP contribution in [0.5, 0.6) is 11.8 Å². The third-order valence-corrected chi connectivity index (χ3v) is 5.81. The molecule has 4 aliphatic carbocycles. The molecule has 4 atom stereocenters. The molecule has 1 aromatic heterocycles. The maximum atomic E-state index is 13.5. The summed E-state index contributed by atoms with van der Waals surface area (Å²) in [5, 5.41) is 21.2. The SMILES string of the molecule is Oc1c2c(c(O)n1-c1ccc(F)c(F)c1)[C@@H]1CC[C@H]2[C@H]2C[C@H]21. The predicted molar refractivity (Wildman–Crippen MR) is 75.3 cm³/mol. The van der Waals surface area contributed by atoms with E-state index in [-0.39, 0.29) is 17.4 Å². The van der Waals surface area contributed by atoms with E-state index < -0.39 is 11.6 Å². The zero-order chi connectivity index (χ0) is 15.2. The average Bonchev–Trinajstić information content (AvgIpc) is 3.28. The summed E-state index contributed by atoms with van der Waals surface area (Å²) in [5.41, 5.74) is 1.91. The lowest BCUT2D eigenvalue weighted by Crippen LogP contribution is -2.22. The molecule has 0 amide bonds. The second kappa shape index (κ2) is 3.83. The van der Waals surface area contributed by atoms with Gasteiger partial charge >= 0.3 is 0 Å². The maximum Gasteiger partial charge on any atom is 0.202 e. The fourth-order valence-electron chi connectivity index (χ4n) is 4.85. The van der Waals surface area contributed by atoms with Crippen molar-refractivity contribution in [3.05, 3.63) is 41.0 Å². The van der Waals surface area contributed by atoms with Crippen LogP contribution in [-0.2, 0) is 0 Å². The quantitative estimate of drug-likeness (QED) is 0.842. The number of fused-ring (bicyclic) bond motifs is 1. The topological polar surface area (TPSA) is 45.4 Å². The van der Waals surface area contributed by atoms with Crippen molar-refractivity contribution in [2.45, 2.75) is 31.1 Å². The number of halogens is 2. The average molecular weight is 303 g/mol. The van der Waals surface area contributed by atoms with Crippen molar-refractivity contribution in [2.75, 3.05) is 0 Å². The van der Waals surface area contributed by atoms with Crippen molar-refractivity contribution >= 4 is 0 Å². The van der Waals surface area contributed by atoms with Crippen LogP contribution in [0.1, 0.15) is 42.2 Å². The van der Waals surface area contributed by atoms with Gasteiger partial charge in [-0.15, -0.1) is 0 Å². The van der Waals surface area contributed by atoms with Gasteiger partial charge in [0.15, 0.2) is 11.6 Å². The lowest BCUT2D eigenvalue weighted by molar-refractivity contribution is 0.322. The van der Waals surface area contributed by atoms with Crippen LogP contribution in [0.4, 0.5) is 8.78 Å². The zero-order valence-corrected chi connectivity index (χ0v) is 11.8. The summed E-state index contributed by atoms with van der Waals surface area (Å²) in [6.07, 6.45) is 3.25. The highest BCUT2D eigenvalue weighted by Crippen LogP contribution is 2.70. The second-order valence-electron chi connectivity index (χ2n) is 6.76. The van der Waals surface area contributed by atoms with Crippen molar-refractivity contribution in [1.82, 2.24) is 4.57 Å². The summed E-state index contributed by atoms with van der Waals surface area (Å²) in [5.74, 6) is -0.133. The molecular weight excluding hydrogens is 288 g/mol. The van der Waals surface area contributed by atoms with Crippen LogP contribution in [0.25, 0.3) is 5.69 Å². The van der Waals surface area contributed by atoms with Gasteiger partial charge in [-0.2, -0.15) is 0 Å². The summed E-state index contributed by atoms with van der Waals surface area (Å²) >= 11 is 0. The number of hydrogen-bond acceptors (Lipinski definition) is 2. The summed E-state index contributed by atoms with van der Waals surface area (Å²) in [6.45, 7) is 0. The molecule has 6 rings (SSSR count). The summed E-state index contributed by atoms with van der Waals surface area (Å²) < 4.78 is 27.9. The van der Waals surface area contributed by atoms with E-state index in [0.29, 0.717) is 23.7 Å². The van der Waals surface area contributed by atoms with Crippen LogP contribution in [0.2, 0.25) is 0 Å². The van der Waals surface area contributed by atoms with Crippen LogP contribution in [-0.4, -0.2) is 14.8 Å². The Morgan fingerprint density at radius 1 is 0.909 bits per heavy atom. The molecule has 1 heterocycles. The molecule has 2 N–H and O–H groups in total. The summed E-state index contributed by atoms with van der Waals surface area (Å²) in [7, 11) is 0. The van der Waals surface area contributed by atoms with E-state index >= 15 is 0 Å².